The topological polar surface area (TPSA) is 48.8 Å². The van der Waals surface area contributed by atoms with Crippen LogP contribution in [0, 0.1) is 4.91 Å². The first-order chi connectivity index (χ1) is 11.9. The number of hydrogen-bond acceptors (Lipinski definition) is 4. The van der Waals surface area contributed by atoms with E-state index in [1.165, 1.54) is 0 Å². The number of benzene rings is 1. The molecule has 1 atom stereocenters. The van der Waals surface area contributed by atoms with E-state index in [9.17, 15) is 4.91 Å². The molecule has 1 aromatic carbocycles. The fourth-order valence-corrected chi connectivity index (χ4v) is 2.95. The Kier molecular flexibility index (Phi) is 2.02. The highest BCUT2D eigenvalue weighted by molar-refractivity contribution is 5.56. The summed E-state index contributed by atoms with van der Waals surface area (Å²) in [6.07, 6.45) is 2.18. The van der Waals surface area contributed by atoms with Gasteiger partial charge < -0.3 is 4.90 Å². The maximum atomic E-state index is 11.3. The predicted octanol–water partition coefficient (Wildman–Crippen LogP) is 2.53. The van der Waals surface area contributed by atoms with Gasteiger partial charge in [0.1, 0.15) is 5.82 Å². The largest absolute Gasteiger partial charge is 0.346 e. The summed E-state index contributed by atoms with van der Waals surface area (Å²) < 4.78 is 33.3. The Morgan fingerprint density at radius 3 is 3.00 bits per heavy atom. The molecule has 4 rings (SSSR count). The lowest BCUT2D eigenvalue weighted by atomic mass is 9.96. The molecule has 106 valence electrons. The van der Waals surface area contributed by atoms with Gasteiger partial charge in [-0.15, -0.1) is 4.91 Å². The Balaban J connectivity index is 2.00. The highest BCUT2D eigenvalue weighted by atomic mass is 16.3. The van der Waals surface area contributed by atoms with E-state index in [4.69, 9.17) is 5.48 Å². The van der Waals surface area contributed by atoms with Gasteiger partial charge in [0.15, 0.2) is 0 Å². The van der Waals surface area contributed by atoms with E-state index in [-0.39, 0.29) is 6.54 Å². The summed E-state index contributed by atoms with van der Waals surface area (Å²) in [5.41, 5.74) is 2.55. The van der Waals surface area contributed by atoms with Crippen molar-refractivity contribution >= 4 is 5.82 Å². The Bertz CT molecular complexity index is 844. The number of rotatable bonds is 1. The number of piperazine rings is 1. The molecule has 2 aliphatic heterocycles. The smallest absolute Gasteiger partial charge is 0.132 e. The second kappa shape index (κ2) is 4.84. The van der Waals surface area contributed by atoms with E-state index >= 15 is 0 Å². The minimum Gasteiger partial charge on any atom is -0.346 e. The van der Waals surface area contributed by atoms with Crippen LogP contribution in [0.1, 0.15) is 28.2 Å². The molecule has 2 aromatic rings. The van der Waals surface area contributed by atoms with Gasteiger partial charge in [-0.3, -0.25) is 5.01 Å². The van der Waals surface area contributed by atoms with Crippen LogP contribution in [0.25, 0.3) is 0 Å². The standard InChI is InChI=1S/C16H16N4O/c21-18-19-8-9-20-15(11-19)14-6-2-1-4-12(14)10-13-5-3-7-17-16(13)20/h1-7,15H,8-11H2/i8D2,11D2. The molecule has 21 heavy (non-hydrogen) atoms. The zero-order chi connectivity index (χ0) is 17.8. The van der Waals surface area contributed by atoms with Crippen molar-refractivity contribution in [2.24, 2.45) is 5.29 Å². The first-order valence-electron chi connectivity index (χ1n) is 8.78. The molecule has 5 heteroatoms. The molecular formula is C16H16N4O. The van der Waals surface area contributed by atoms with Crippen LogP contribution >= 0.6 is 0 Å². The van der Waals surface area contributed by atoms with Gasteiger partial charge >= 0.3 is 0 Å². The number of nitrogens with zero attached hydrogens (tertiary/aromatic N) is 4. The number of pyridine rings is 1. The van der Waals surface area contributed by atoms with Crippen molar-refractivity contribution in [1.82, 2.24) is 9.99 Å². The lowest BCUT2D eigenvalue weighted by molar-refractivity contribution is 0.229. The average Bonchev–Trinajstić information content (AvgIpc) is 2.68. The molecule has 3 heterocycles. The van der Waals surface area contributed by atoms with Gasteiger partial charge in [0.25, 0.3) is 0 Å². The zero-order valence-corrected chi connectivity index (χ0v) is 11.2. The lowest BCUT2D eigenvalue weighted by Crippen LogP contribution is -2.46. The number of hydrogen-bond donors (Lipinski definition) is 0. The first kappa shape index (κ1) is 8.77. The monoisotopic (exact) mass is 284 g/mol. The molecule has 0 spiro atoms. The Hall–Kier alpha value is -2.43. The van der Waals surface area contributed by atoms with Crippen molar-refractivity contribution < 1.29 is 5.48 Å². The molecule has 1 unspecified atom stereocenters. The Morgan fingerprint density at radius 1 is 1.24 bits per heavy atom. The van der Waals surface area contributed by atoms with Crippen LogP contribution in [0.3, 0.4) is 0 Å². The normalized spacial score (nSPS) is 27.7. The third kappa shape index (κ3) is 1.96. The summed E-state index contributed by atoms with van der Waals surface area (Å²) >= 11 is 0. The average molecular weight is 284 g/mol. The number of anilines is 1. The molecular weight excluding hydrogens is 264 g/mol. The van der Waals surface area contributed by atoms with Crippen LogP contribution in [0.5, 0.6) is 0 Å². The maximum absolute atomic E-state index is 11.3. The van der Waals surface area contributed by atoms with Gasteiger partial charge in [-0.05, 0) is 22.8 Å². The molecule has 0 saturated carbocycles. The Labute approximate surface area is 128 Å². The van der Waals surface area contributed by atoms with E-state index in [0.29, 0.717) is 17.2 Å². The highest BCUT2D eigenvalue weighted by Gasteiger charge is 2.34. The van der Waals surface area contributed by atoms with Crippen LogP contribution in [-0.4, -0.2) is 29.5 Å². The first-order valence-corrected chi connectivity index (χ1v) is 6.78. The second-order valence-corrected chi connectivity index (χ2v) is 5.07. The molecule has 5 nitrogen and oxygen atoms in total. The van der Waals surface area contributed by atoms with Crippen LogP contribution in [0.15, 0.2) is 47.9 Å². The number of aromatic nitrogens is 1. The maximum Gasteiger partial charge on any atom is 0.132 e. The molecule has 0 aliphatic carbocycles. The van der Waals surface area contributed by atoms with Crippen molar-refractivity contribution in [3.8, 4) is 0 Å². The zero-order valence-electron chi connectivity index (χ0n) is 15.2. The fraction of sp³-hybridized carbons (Fsp3) is 0.312. The van der Waals surface area contributed by atoms with Gasteiger partial charge in [0.05, 0.1) is 29.8 Å². The summed E-state index contributed by atoms with van der Waals surface area (Å²) in [5, 5.41) is 3.10. The lowest BCUT2D eigenvalue weighted by Gasteiger charge is -2.39. The summed E-state index contributed by atoms with van der Waals surface area (Å²) in [6.45, 7) is -4.80. The third-order valence-corrected chi connectivity index (χ3v) is 3.90. The minimum atomic E-state index is -2.33. The van der Waals surface area contributed by atoms with Crippen molar-refractivity contribution in [2.45, 2.75) is 12.5 Å². The van der Waals surface area contributed by atoms with Gasteiger partial charge in [-0.25, -0.2) is 4.98 Å². The van der Waals surface area contributed by atoms with Crippen molar-refractivity contribution in [3.05, 3.63) is 64.2 Å². The fourth-order valence-electron chi connectivity index (χ4n) is 2.95. The van der Waals surface area contributed by atoms with Crippen LogP contribution in [-0.2, 0) is 6.42 Å². The summed E-state index contributed by atoms with van der Waals surface area (Å²) in [6, 6.07) is 10.3. The molecule has 1 saturated heterocycles. The molecule has 1 fully saturated rings. The van der Waals surface area contributed by atoms with Crippen molar-refractivity contribution in [2.75, 3.05) is 24.4 Å². The van der Waals surface area contributed by atoms with Crippen LogP contribution < -0.4 is 4.90 Å². The number of nitroso groups, excluding NO2 is 1. The molecule has 1 aromatic heterocycles. The van der Waals surface area contributed by atoms with Crippen molar-refractivity contribution in [3.63, 3.8) is 0 Å². The quantitative estimate of drug-likeness (QED) is 0.755. The van der Waals surface area contributed by atoms with Gasteiger partial charge in [0.2, 0.25) is 0 Å². The van der Waals surface area contributed by atoms with Gasteiger partial charge in [-0.2, -0.15) is 0 Å². The SMILES string of the molecule is [2H]C1([2H])CN2c3ncccc3Cc3ccccc3C2C([2H])([2H])N1N=O. The summed E-state index contributed by atoms with van der Waals surface area (Å²) in [7, 11) is 0. The van der Waals surface area contributed by atoms with E-state index in [1.807, 2.05) is 36.4 Å². The third-order valence-electron chi connectivity index (χ3n) is 3.90. The van der Waals surface area contributed by atoms with E-state index in [0.717, 1.165) is 16.7 Å². The molecule has 0 N–H and O–H groups in total. The van der Waals surface area contributed by atoms with Gasteiger partial charge in [-0.1, -0.05) is 30.3 Å². The predicted molar refractivity (Wildman–Crippen MR) is 80.9 cm³/mol. The van der Waals surface area contributed by atoms with E-state index in [1.54, 1.807) is 11.1 Å². The minimum absolute atomic E-state index is 0.207. The van der Waals surface area contributed by atoms with E-state index < -0.39 is 19.0 Å². The van der Waals surface area contributed by atoms with Gasteiger partial charge in [0, 0.05) is 19.2 Å². The molecule has 0 amide bonds. The molecule has 2 aliphatic rings. The molecule has 0 bridgehead atoms. The van der Waals surface area contributed by atoms with Crippen molar-refractivity contribution in [1.29, 1.82) is 0 Å². The summed E-state index contributed by atoms with van der Waals surface area (Å²) in [4.78, 5) is 17.3. The highest BCUT2D eigenvalue weighted by Crippen LogP contribution is 2.37. The number of fused-ring (bicyclic) bond motifs is 5. The van der Waals surface area contributed by atoms with Crippen LogP contribution in [0.2, 0.25) is 0 Å². The Morgan fingerprint density at radius 2 is 2.10 bits per heavy atom. The molecule has 0 radical (unpaired) electrons. The van der Waals surface area contributed by atoms with Crippen LogP contribution in [0.4, 0.5) is 5.82 Å². The summed E-state index contributed by atoms with van der Waals surface area (Å²) in [5.74, 6) is 0.544. The van der Waals surface area contributed by atoms with E-state index in [2.05, 4.69) is 10.3 Å². The second-order valence-electron chi connectivity index (χ2n) is 5.07.